The SMILES string of the molecule is COc1cc(NC(=O)/C=C/c2cc(F)cc3c2OCOC3)cc(OC)c1OC. The molecule has 1 N–H and O–H groups in total. The van der Waals surface area contributed by atoms with E-state index in [1.165, 1.54) is 45.6 Å². The van der Waals surface area contributed by atoms with Gasteiger partial charge in [-0.05, 0) is 18.2 Å². The Morgan fingerprint density at radius 3 is 2.46 bits per heavy atom. The molecule has 0 aliphatic carbocycles. The summed E-state index contributed by atoms with van der Waals surface area (Å²) in [4.78, 5) is 12.3. The number of hydrogen-bond donors (Lipinski definition) is 1. The van der Waals surface area contributed by atoms with Crippen molar-refractivity contribution in [1.82, 2.24) is 0 Å². The lowest BCUT2D eigenvalue weighted by atomic mass is 10.1. The van der Waals surface area contributed by atoms with Gasteiger partial charge < -0.3 is 29.0 Å². The molecule has 0 radical (unpaired) electrons. The number of anilines is 1. The highest BCUT2D eigenvalue weighted by Gasteiger charge is 2.16. The van der Waals surface area contributed by atoms with Crippen LogP contribution in [0.15, 0.2) is 30.3 Å². The lowest BCUT2D eigenvalue weighted by molar-refractivity contribution is -0.111. The number of halogens is 1. The van der Waals surface area contributed by atoms with Gasteiger partial charge in [0, 0.05) is 35.0 Å². The third-order valence-corrected chi connectivity index (χ3v) is 4.05. The van der Waals surface area contributed by atoms with E-state index in [2.05, 4.69) is 5.32 Å². The summed E-state index contributed by atoms with van der Waals surface area (Å²) in [6.45, 7) is 0.336. The highest BCUT2D eigenvalue weighted by molar-refractivity contribution is 6.02. The summed E-state index contributed by atoms with van der Waals surface area (Å²) >= 11 is 0. The van der Waals surface area contributed by atoms with Crippen LogP contribution in [0.5, 0.6) is 23.0 Å². The molecular weight excluding hydrogens is 369 g/mol. The molecule has 3 rings (SSSR count). The molecule has 7 nitrogen and oxygen atoms in total. The van der Waals surface area contributed by atoms with Crippen LogP contribution in [0.25, 0.3) is 6.08 Å². The molecular formula is C20H20FNO6. The van der Waals surface area contributed by atoms with Crippen molar-refractivity contribution in [2.75, 3.05) is 33.4 Å². The first-order valence-electron chi connectivity index (χ1n) is 8.37. The molecule has 0 bridgehead atoms. The van der Waals surface area contributed by atoms with E-state index in [-0.39, 0.29) is 13.4 Å². The molecule has 0 spiro atoms. The maximum absolute atomic E-state index is 13.8. The molecule has 0 saturated carbocycles. The number of rotatable bonds is 6. The normalized spacial score (nSPS) is 12.9. The van der Waals surface area contributed by atoms with Gasteiger partial charge >= 0.3 is 0 Å². The number of ether oxygens (including phenoxy) is 5. The third kappa shape index (κ3) is 4.17. The predicted octanol–water partition coefficient (Wildman–Crippen LogP) is 3.37. The summed E-state index contributed by atoms with van der Waals surface area (Å²) in [6.07, 6.45) is 2.78. The molecule has 1 aliphatic rings. The first-order chi connectivity index (χ1) is 13.5. The van der Waals surface area contributed by atoms with Crippen LogP contribution in [0.2, 0.25) is 0 Å². The maximum Gasteiger partial charge on any atom is 0.248 e. The van der Waals surface area contributed by atoms with Crippen molar-refractivity contribution in [3.8, 4) is 23.0 Å². The van der Waals surface area contributed by atoms with Crippen LogP contribution in [0.4, 0.5) is 10.1 Å². The Bertz CT molecular complexity index is 887. The second-order valence-corrected chi connectivity index (χ2v) is 5.83. The van der Waals surface area contributed by atoms with Crippen LogP contribution in [0, 0.1) is 5.82 Å². The quantitative estimate of drug-likeness (QED) is 0.764. The predicted molar refractivity (Wildman–Crippen MR) is 100 cm³/mol. The van der Waals surface area contributed by atoms with Gasteiger partial charge in [-0.3, -0.25) is 4.79 Å². The highest BCUT2D eigenvalue weighted by atomic mass is 19.1. The second kappa shape index (κ2) is 8.62. The molecule has 0 unspecified atom stereocenters. The fourth-order valence-electron chi connectivity index (χ4n) is 2.84. The topological polar surface area (TPSA) is 75.3 Å². The maximum atomic E-state index is 13.8. The van der Waals surface area contributed by atoms with Gasteiger partial charge in [-0.1, -0.05) is 0 Å². The molecule has 28 heavy (non-hydrogen) atoms. The van der Waals surface area contributed by atoms with Crippen molar-refractivity contribution in [3.63, 3.8) is 0 Å². The zero-order valence-electron chi connectivity index (χ0n) is 15.7. The van der Waals surface area contributed by atoms with Gasteiger partial charge in [0.25, 0.3) is 0 Å². The second-order valence-electron chi connectivity index (χ2n) is 5.83. The first kappa shape index (κ1) is 19.5. The monoisotopic (exact) mass is 389 g/mol. The molecule has 1 heterocycles. The Labute approximate surface area is 161 Å². The summed E-state index contributed by atoms with van der Waals surface area (Å²) < 4.78 is 40.1. The summed E-state index contributed by atoms with van der Waals surface area (Å²) in [6, 6.07) is 5.87. The molecule has 0 fully saturated rings. The summed E-state index contributed by atoms with van der Waals surface area (Å²) in [5.74, 6) is 0.896. The van der Waals surface area contributed by atoms with Gasteiger partial charge in [-0.15, -0.1) is 0 Å². The van der Waals surface area contributed by atoms with E-state index in [0.717, 1.165) is 0 Å². The number of amides is 1. The van der Waals surface area contributed by atoms with Gasteiger partial charge in [0.2, 0.25) is 11.7 Å². The number of nitrogens with one attached hydrogen (secondary N) is 1. The van der Waals surface area contributed by atoms with Gasteiger partial charge in [0.05, 0.1) is 27.9 Å². The van der Waals surface area contributed by atoms with E-state index in [1.807, 2.05) is 0 Å². The van der Waals surface area contributed by atoms with E-state index in [9.17, 15) is 9.18 Å². The molecule has 1 amide bonds. The molecule has 2 aromatic carbocycles. The zero-order chi connectivity index (χ0) is 20.1. The Kier molecular flexibility index (Phi) is 6.00. The van der Waals surface area contributed by atoms with Gasteiger partial charge in [-0.25, -0.2) is 4.39 Å². The van der Waals surface area contributed by atoms with Gasteiger partial charge in [0.15, 0.2) is 18.3 Å². The Balaban J connectivity index is 1.80. The van der Waals surface area contributed by atoms with Crippen LogP contribution < -0.4 is 24.3 Å². The molecule has 0 aromatic heterocycles. The fourth-order valence-corrected chi connectivity index (χ4v) is 2.84. The average Bonchev–Trinajstić information content (AvgIpc) is 2.71. The van der Waals surface area contributed by atoms with Gasteiger partial charge in [-0.2, -0.15) is 0 Å². The largest absolute Gasteiger partial charge is 0.493 e. The van der Waals surface area contributed by atoms with Crippen molar-refractivity contribution in [2.24, 2.45) is 0 Å². The number of methoxy groups -OCH3 is 3. The minimum absolute atomic E-state index is 0.0805. The molecule has 0 saturated heterocycles. The first-order valence-corrected chi connectivity index (χ1v) is 8.37. The Morgan fingerprint density at radius 1 is 1.11 bits per heavy atom. The van der Waals surface area contributed by atoms with Crippen molar-refractivity contribution in [3.05, 3.63) is 47.3 Å². The lowest BCUT2D eigenvalue weighted by Gasteiger charge is -2.19. The van der Waals surface area contributed by atoms with E-state index < -0.39 is 11.7 Å². The van der Waals surface area contributed by atoms with Crippen molar-refractivity contribution >= 4 is 17.7 Å². The fraction of sp³-hybridized carbons (Fsp3) is 0.250. The number of hydrogen-bond acceptors (Lipinski definition) is 6. The van der Waals surface area contributed by atoms with Crippen LogP contribution in [-0.2, 0) is 16.1 Å². The zero-order valence-corrected chi connectivity index (χ0v) is 15.7. The lowest BCUT2D eigenvalue weighted by Crippen LogP contribution is -2.13. The van der Waals surface area contributed by atoms with Crippen LogP contribution in [-0.4, -0.2) is 34.0 Å². The standard InChI is InChI=1S/C20H20FNO6/c1-24-16-8-15(9-17(25-2)20(16)26-3)22-18(23)5-4-12-6-14(21)7-13-10-27-11-28-19(12)13/h4-9H,10-11H2,1-3H3,(H,22,23)/b5-4+. The molecule has 8 heteroatoms. The number of carbonyl (C=O) groups excluding carboxylic acids is 1. The Morgan fingerprint density at radius 2 is 1.82 bits per heavy atom. The molecule has 0 atom stereocenters. The molecule has 148 valence electrons. The van der Waals surface area contributed by atoms with Crippen LogP contribution >= 0.6 is 0 Å². The average molecular weight is 389 g/mol. The Hall–Kier alpha value is -3.26. The van der Waals surface area contributed by atoms with E-state index >= 15 is 0 Å². The number of benzene rings is 2. The van der Waals surface area contributed by atoms with E-state index in [0.29, 0.717) is 39.8 Å². The minimum Gasteiger partial charge on any atom is -0.493 e. The third-order valence-electron chi connectivity index (χ3n) is 4.05. The van der Waals surface area contributed by atoms with Gasteiger partial charge in [0.1, 0.15) is 11.6 Å². The minimum atomic E-state index is -0.433. The molecule has 2 aromatic rings. The summed E-state index contributed by atoms with van der Waals surface area (Å²) in [5.41, 5.74) is 1.50. The van der Waals surface area contributed by atoms with Crippen molar-refractivity contribution in [2.45, 2.75) is 6.61 Å². The molecule has 1 aliphatic heterocycles. The van der Waals surface area contributed by atoms with E-state index in [1.54, 1.807) is 12.1 Å². The number of carbonyl (C=O) groups is 1. The highest BCUT2D eigenvalue weighted by Crippen LogP contribution is 2.40. The summed E-state index contributed by atoms with van der Waals surface area (Å²) in [7, 11) is 4.47. The van der Waals surface area contributed by atoms with Crippen molar-refractivity contribution in [1.29, 1.82) is 0 Å². The number of fused-ring (bicyclic) bond motifs is 1. The van der Waals surface area contributed by atoms with Crippen LogP contribution in [0.1, 0.15) is 11.1 Å². The van der Waals surface area contributed by atoms with E-state index in [4.69, 9.17) is 23.7 Å². The van der Waals surface area contributed by atoms with Crippen molar-refractivity contribution < 1.29 is 32.9 Å². The smallest absolute Gasteiger partial charge is 0.248 e. The van der Waals surface area contributed by atoms with Crippen LogP contribution in [0.3, 0.4) is 0 Å². The summed E-state index contributed by atoms with van der Waals surface area (Å²) in [5, 5.41) is 2.71.